The lowest BCUT2D eigenvalue weighted by Gasteiger charge is -2.44. The highest BCUT2D eigenvalue weighted by atomic mass is 32.2. The maximum absolute atomic E-state index is 13.2. The van der Waals surface area contributed by atoms with Crippen molar-refractivity contribution in [1.82, 2.24) is 8.61 Å². The molecule has 0 spiro atoms. The van der Waals surface area contributed by atoms with E-state index in [1.807, 2.05) is 38.1 Å². The second-order valence-corrected chi connectivity index (χ2v) is 14.2. The average molecular weight is 516 g/mol. The molecular formula is C22H33N3O5S3. The van der Waals surface area contributed by atoms with Crippen LogP contribution in [0.4, 0.5) is 5.69 Å². The van der Waals surface area contributed by atoms with Gasteiger partial charge in [-0.2, -0.15) is 8.61 Å². The van der Waals surface area contributed by atoms with Gasteiger partial charge in [-0.3, -0.25) is 0 Å². The van der Waals surface area contributed by atoms with Gasteiger partial charge in [-0.25, -0.2) is 16.8 Å². The van der Waals surface area contributed by atoms with Gasteiger partial charge in [-0.05, 0) is 56.8 Å². The van der Waals surface area contributed by atoms with Crippen molar-refractivity contribution < 1.29 is 21.9 Å². The minimum atomic E-state index is -3.65. The molecule has 8 nitrogen and oxygen atoms in total. The van der Waals surface area contributed by atoms with E-state index in [4.69, 9.17) is 0 Å². The molecule has 1 N–H and O–H groups in total. The van der Waals surface area contributed by atoms with Crippen LogP contribution in [0.2, 0.25) is 0 Å². The number of benzene rings is 1. The van der Waals surface area contributed by atoms with Gasteiger partial charge in [0.2, 0.25) is 10.0 Å². The minimum absolute atomic E-state index is 0.167. The Morgan fingerprint density at radius 3 is 2.24 bits per heavy atom. The number of anilines is 1. The zero-order valence-electron chi connectivity index (χ0n) is 19.7. The van der Waals surface area contributed by atoms with E-state index in [1.165, 1.54) is 26.2 Å². The second-order valence-electron chi connectivity index (χ2n) is 9.17. The van der Waals surface area contributed by atoms with Crippen molar-refractivity contribution in [2.24, 2.45) is 0 Å². The fourth-order valence-corrected chi connectivity index (χ4v) is 7.90. The highest BCUT2D eigenvalue weighted by molar-refractivity contribution is 7.91. The Hall–Kier alpha value is -1.50. The van der Waals surface area contributed by atoms with Gasteiger partial charge in [0.15, 0.2) is 0 Å². The Balaban J connectivity index is 1.95. The van der Waals surface area contributed by atoms with Gasteiger partial charge in [0.1, 0.15) is 4.21 Å². The van der Waals surface area contributed by atoms with Crippen molar-refractivity contribution in [2.75, 3.05) is 37.3 Å². The van der Waals surface area contributed by atoms with E-state index < -0.39 is 25.6 Å². The van der Waals surface area contributed by atoms with E-state index in [0.29, 0.717) is 13.1 Å². The first-order valence-electron chi connectivity index (χ1n) is 10.8. The summed E-state index contributed by atoms with van der Waals surface area (Å²) in [6, 6.07) is 10.1. The highest BCUT2D eigenvalue weighted by Gasteiger charge is 2.37. The van der Waals surface area contributed by atoms with E-state index >= 15 is 0 Å². The molecule has 1 aliphatic rings. The van der Waals surface area contributed by atoms with Crippen LogP contribution in [0.3, 0.4) is 0 Å². The van der Waals surface area contributed by atoms with Crippen LogP contribution in [-0.4, -0.2) is 75.1 Å². The lowest BCUT2D eigenvalue weighted by atomic mass is 9.98. The molecule has 3 rings (SSSR count). The third kappa shape index (κ3) is 5.95. The van der Waals surface area contributed by atoms with Crippen molar-refractivity contribution in [3.63, 3.8) is 0 Å². The summed E-state index contributed by atoms with van der Waals surface area (Å²) in [6.45, 7) is 8.11. The van der Waals surface area contributed by atoms with Gasteiger partial charge in [0.25, 0.3) is 10.0 Å². The highest BCUT2D eigenvalue weighted by Crippen LogP contribution is 2.29. The molecular weight excluding hydrogens is 482 g/mol. The van der Waals surface area contributed by atoms with Crippen LogP contribution in [0.15, 0.2) is 46.0 Å². The molecule has 0 unspecified atom stereocenters. The normalized spacial score (nSPS) is 18.9. The number of hydrogen-bond acceptors (Lipinski definition) is 7. The largest absolute Gasteiger partial charge is 0.386 e. The summed E-state index contributed by atoms with van der Waals surface area (Å²) >= 11 is 1.18. The third-order valence-electron chi connectivity index (χ3n) is 5.83. The number of sulfonamides is 2. The van der Waals surface area contributed by atoms with Gasteiger partial charge < -0.3 is 10.0 Å². The Bertz CT molecular complexity index is 1140. The number of rotatable bonds is 8. The molecule has 2 aromatic rings. The predicted octanol–water partition coefficient (Wildman–Crippen LogP) is 2.53. The third-order valence-corrected chi connectivity index (χ3v) is 10.5. The molecule has 33 heavy (non-hydrogen) atoms. The van der Waals surface area contributed by atoms with Crippen molar-refractivity contribution >= 4 is 37.1 Å². The molecule has 0 amide bonds. The summed E-state index contributed by atoms with van der Waals surface area (Å²) in [4.78, 5) is 2.06. The molecule has 2 heterocycles. The van der Waals surface area contributed by atoms with Crippen LogP contribution >= 0.6 is 11.3 Å². The molecule has 1 atom stereocenters. The van der Waals surface area contributed by atoms with Crippen LogP contribution in [0.5, 0.6) is 0 Å². The molecule has 1 aromatic carbocycles. The lowest BCUT2D eigenvalue weighted by molar-refractivity contribution is 0.0786. The summed E-state index contributed by atoms with van der Waals surface area (Å²) in [7, 11) is -7.13. The standard InChI is InChI=1S/C22H33N3O5S3/c1-17(2)25(32(5,27)28)16-20-15-23(33(29,30)21-7-6-14-31-21)12-13-24(20)19-10-8-18(9-11-19)22(3,4)26/h6-11,14,17,20,26H,12-13,15-16H2,1-5H3/t20-/m1/s1. The van der Waals surface area contributed by atoms with Crippen LogP contribution in [0, 0.1) is 0 Å². The quantitative estimate of drug-likeness (QED) is 0.580. The number of nitrogens with zero attached hydrogens (tertiary/aromatic N) is 3. The van der Waals surface area contributed by atoms with E-state index in [0.717, 1.165) is 11.3 Å². The SMILES string of the molecule is CC(C)N(C[C@H]1CN(S(=O)(=O)c2cccs2)CCN1c1ccc(C(C)(C)O)cc1)S(C)(=O)=O. The fourth-order valence-electron chi connectivity index (χ4n) is 4.08. The second kappa shape index (κ2) is 9.63. The smallest absolute Gasteiger partial charge is 0.252 e. The van der Waals surface area contributed by atoms with Crippen LogP contribution in [-0.2, 0) is 25.6 Å². The summed E-state index contributed by atoms with van der Waals surface area (Å²) in [6.07, 6.45) is 1.18. The van der Waals surface area contributed by atoms with Crippen molar-refractivity contribution in [3.05, 3.63) is 47.3 Å². The average Bonchev–Trinajstić information content (AvgIpc) is 3.26. The maximum Gasteiger partial charge on any atom is 0.252 e. The minimum Gasteiger partial charge on any atom is -0.386 e. The molecule has 0 bridgehead atoms. The summed E-state index contributed by atoms with van der Waals surface area (Å²) in [5.74, 6) is 0. The summed E-state index contributed by atoms with van der Waals surface area (Å²) < 4.78 is 54.4. The molecule has 1 aliphatic heterocycles. The summed E-state index contributed by atoms with van der Waals surface area (Å²) in [5, 5.41) is 12.0. The molecule has 0 radical (unpaired) electrons. The van der Waals surface area contributed by atoms with Gasteiger partial charge >= 0.3 is 0 Å². The Kier molecular flexibility index (Phi) is 7.62. The van der Waals surface area contributed by atoms with Gasteiger partial charge in [0, 0.05) is 37.9 Å². The van der Waals surface area contributed by atoms with Crippen LogP contribution in [0.25, 0.3) is 0 Å². The van der Waals surface area contributed by atoms with E-state index in [9.17, 15) is 21.9 Å². The van der Waals surface area contributed by atoms with E-state index in [-0.39, 0.29) is 29.4 Å². The molecule has 0 aliphatic carbocycles. The first-order chi connectivity index (χ1) is 15.2. The first-order valence-corrected chi connectivity index (χ1v) is 15.0. The Labute approximate surface area is 201 Å². The Morgan fingerprint density at radius 1 is 1.12 bits per heavy atom. The number of piperazine rings is 1. The lowest BCUT2D eigenvalue weighted by Crippen LogP contribution is -2.59. The van der Waals surface area contributed by atoms with Crippen LogP contribution in [0.1, 0.15) is 33.3 Å². The van der Waals surface area contributed by atoms with Gasteiger partial charge in [0.05, 0.1) is 17.9 Å². The van der Waals surface area contributed by atoms with E-state index in [2.05, 4.69) is 4.90 Å². The molecule has 1 saturated heterocycles. The first kappa shape index (κ1) is 26.1. The van der Waals surface area contributed by atoms with Crippen molar-refractivity contribution in [2.45, 2.75) is 49.6 Å². The van der Waals surface area contributed by atoms with Crippen LogP contribution < -0.4 is 4.90 Å². The number of hydrogen-bond donors (Lipinski definition) is 1. The summed E-state index contributed by atoms with van der Waals surface area (Å²) in [5.41, 5.74) is 0.649. The van der Waals surface area contributed by atoms with Gasteiger partial charge in [-0.1, -0.05) is 18.2 Å². The molecule has 1 aromatic heterocycles. The topological polar surface area (TPSA) is 98.2 Å². The molecule has 1 fully saturated rings. The molecule has 184 valence electrons. The zero-order chi connectivity index (χ0) is 24.6. The monoisotopic (exact) mass is 515 g/mol. The van der Waals surface area contributed by atoms with E-state index in [1.54, 1.807) is 31.4 Å². The number of thiophene rings is 1. The molecule has 11 heteroatoms. The molecule has 0 saturated carbocycles. The Morgan fingerprint density at radius 2 is 1.76 bits per heavy atom. The van der Waals surface area contributed by atoms with Gasteiger partial charge in [-0.15, -0.1) is 11.3 Å². The predicted molar refractivity (Wildman–Crippen MR) is 133 cm³/mol. The van der Waals surface area contributed by atoms with Crippen molar-refractivity contribution in [1.29, 1.82) is 0 Å². The fraction of sp³-hybridized carbons (Fsp3) is 0.545. The van der Waals surface area contributed by atoms with Crippen molar-refractivity contribution in [3.8, 4) is 0 Å². The zero-order valence-corrected chi connectivity index (χ0v) is 22.1. The number of aliphatic hydroxyl groups is 1. The maximum atomic E-state index is 13.2.